The van der Waals surface area contributed by atoms with Crippen molar-refractivity contribution in [3.8, 4) is 0 Å². The molecule has 0 radical (unpaired) electrons. The Hall–Kier alpha value is -2.38. The zero-order valence-corrected chi connectivity index (χ0v) is 17.6. The van der Waals surface area contributed by atoms with Gasteiger partial charge in [0.1, 0.15) is 0 Å². The zero-order valence-electron chi connectivity index (χ0n) is 16.0. The molecule has 0 bridgehead atoms. The molecule has 1 atom stereocenters. The molecule has 1 heterocycles. The lowest BCUT2D eigenvalue weighted by atomic mass is 10.1. The molecule has 3 rings (SSSR count). The molecular weight excluding hydrogens is 422 g/mol. The SMILES string of the molecule is Cc1c(NC(=O)NC(C)c2ccccc2Br)cccc1C(=O)N1CCOCC1. The quantitative estimate of drug-likeness (QED) is 0.743. The van der Waals surface area contributed by atoms with Crippen molar-refractivity contribution in [2.45, 2.75) is 19.9 Å². The minimum absolute atomic E-state index is 0.0357. The third-order valence-electron chi connectivity index (χ3n) is 4.83. The third kappa shape index (κ3) is 4.72. The Bertz CT molecular complexity index is 866. The van der Waals surface area contributed by atoms with Gasteiger partial charge in [0.25, 0.3) is 5.91 Å². The van der Waals surface area contributed by atoms with Gasteiger partial charge in [0.05, 0.1) is 19.3 Å². The summed E-state index contributed by atoms with van der Waals surface area (Å²) in [6.07, 6.45) is 0. The maximum Gasteiger partial charge on any atom is 0.319 e. The summed E-state index contributed by atoms with van der Waals surface area (Å²) in [5.74, 6) is -0.0357. The van der Waals surface area contributed by atoms with E-state index in [4.69, 9.17) is 4.74 Å². The Morgan fingerprint density at radius 1 is 1.11 bits per heavy atom. The van der Waals surface area contributed by atoms with Gasteiger partial charge in [0, 0.05) is 28.8 Å². The summed E-state index contributed by atoms with van der Waals surface area (Å²) >= 11 is 3.51. The van der Waals surface area contributed by atoms with E-state index in [0.29, 0.717) is 37.6 Å². The van der Waals surface area contributed by atoms with Crippen molar-refractivity contribution in [3.63, 3.8) is 0 Å². The first kappa shape index (κ1) is 20.4. The molecule has 1 unspecified atom stereocenters. The fraction of sp³-hybridized carbons (Fsp3) is 0.333. The summed E-state index contributed by atoms with van der Waals surface area (Å²) in [5, 5.41) is 5.80. The van der Waals surface area contributed by atoms with E-state index < -0.39 is 0 Å². The lowest BCUT2D eigenvalue weighted by molar-refractivity contribution is 0.0302. The highest BCUT2D eigenvalue weighted by atomic mass is 79.9. The highest BCUT2D eigenvalue weighted by Crippen LogP contribution is 2.24. The number of carbonyl (C=O) groups is 2. The first-order valence-electron chi connectivity index (χ1n) is 9.26. The van der Waals surface area contributed by atoms with E-state index in [0.717, 1.165) is 15.6 Å². The van der Waals surface area contributed by atoms with Crippen molar-refractivity contribution >= 4 is 33.6 Å². The van der Waals surface area contributed by atoms with Crippen LogP contribution >= 0.6 is 15.9 Å². The summed E-state index contributed by atoms with van der Waals surface area (Å²) in [6, 6.07) is 12.7. The third-order valence-corrected chi connectivity index (χ3v) is 5.55. The second kappa shape index (κ2) is 9.21. The Morgan fingerprint density at radius 3 is 2.54 bits per heavy atom. The number of rotatable bonds is 4. The molecule has 1 aliphatic heterocycles. The second-order valence-electron chi connectivity index (χ2n) is 6.72. The number of hydrogen-bond donors (Lipinski definition) is 2. The molecule has 1 saturated heterocycles. The number of urea groups is 1. The normalized spacial score (nSPS) is 15.0. The van der Waals surface area contributed by atoms with Crippen LogP contribution in [0.3, 0.4) is 0 Å². The summed E-state index contributed by atoms with van der Waals surface area (Å²) in [6.45, 7) is 6.04. The van der Waals surface area contributed by atoms with Crippen molar-refractivity contribution < 1.29 is 14.3 Å². The van der Waals surface area contributed by atoms with Gasteiger partial charge in [0.2, 0.25) is 0 Å². The number of nitrogens with zero attached hydrogens (tertiary/aromatic N) is 1. The first-order chi connectivity index (χ1) is 13.5. The fourth-order valence-electron chi connectivity index (χ4n) is 3.20. The molecule has 2 aromatic carbocycles. The van der Waals surface area contributed by atoms with E-state index in [1.165, 1.54) is 0 Å². The zero-order chi connectivity index (χ0) is 20.1. The Balaban J connectivity index is 1.69. The number of hydrogen-bond acceptors (Lipinski definition) is 3. The Morgan fingerprint density at radius 2 is 1.82 bits per heavy atom. The van der Waals surface area contributed by atoms with Crippen LogP contribution in [0.2, 0.25) is 0 Å². The van der Waals surface area contributed by atoms with E-state index in [1.54, 1.807) is 23.1 Å². The van der Waals surface area contributed by atoms with Crippen LogP contribution < -0.4 is 10.6 Å². The Labute approximate surface area is 173 Å². The molecule has 0 saturated carbocycles. The molecule has 3 amide bonds. The number of carbonyl (C=O) groups excluding carboxylic acids is 2. The monoisotopic (exact) mass is 445 g/mol. The van der Waals surface area contributed by atoms with Gasteiger partial charge in [-0.1, -0.05) is 40.2 Å². The van der Waals surface area contributed by atoms with E-state index in [1.807, 2.05) is 38.1 Å². The van der Waals surface area contributed by atoms with Crippen LogP contribution in [-0.2, 0) is 4.74 Å². The maximum absolute atomic E-state index is 12.8. The number of amides is 3. The molecule has 7 heteroatoms. The predicted molar refractivity (Wildman–Crippen MR) is 113 cm³/mol. The molecule has 1 fully saturated rings. The minimum atomic E-state index is -0.317. The fourth-order valence-corrected chi connectivity index (χ4v) is 3.83. The molecule has 2 aromatic rings. The van der Waals surface area contributed by atoms with Gasteiger partial charge < -0.3 is 20.3 Å². The number of anilines is 1. The average Bonchev–Trinajstić information content (AvgIpc) is 2.70. The predicted octanol–water partition coefficient (Wildman–Crippen LogP) is 4.11. The Kier molecular flexibility index (Phi) is 6.70. The van der Waals surface area contributed by atoms with E-state index in [-0.39, 0.29) is 18.0 Å². The van der Waals surface area contributed by atoms with Crippen LogP contribution in [0.25, 0.3) is 0 Å². The molecule has 0 spiro atoms. The molecule has 1 aliphatic rings. The number of halogens is 1. The van der Waals surface area contributed by atoms with Gasteiger partial charge in [0.15, 0.2) is 0 Å². The van der Waals surface area contributed by atoms with Crippen molar-refractivity contribution in [2.75, 3.05) is 31.6 Å². The lowest BCUT2D eigenvalue weighted by Gasteiger charge is -2.27. The molecule has 6 nitrogen and oxygen atoms in total. The number of nitrogens with one attached hydrogen (secondary N) is 2. The van der Waals surface area contributed by atoms with Crippen molar-refractivity contribution in [1.82, 2.24) is 10.2 Å². The highest BCUT2D eigenvalue weighted by Gasteiger charge is 2.21. The van der Waals surface area contributed by atoms with Gasteiger partial charge in [-0.05, 0) is 43.2 Å². The molecular formula is C21H24BrN3O3. The van der Waals surface area contributed by atoms with Crippen molar-refractivity contribution in [1.29, 1.82) is 0 Å². The molecule has 28 heavy (non-hydrogen) atoms. The van der Waals surface area contributed by atoms with Crippen molar-refractivity contribution in [2.24, 2.45) is 0 Å². The minimum Gasteiger partial charge on any atom is -0.378 e. The van der Waals surface area contributed by atoms with Crippen LogP contribution in [0.1, 0.15) is 34.5 Å². The summed E-state index contributed by atoms with van der Waals surface area (Å²) < 4.78 is 6.25. The van der Waals surface area contributed by atoms with Crippen LogP contribution in [0, 0.1) is 6.92 Å². The summed E-state index contributed by atoms with van der Waals surface area (Å²) in [7, 11) is 0. The van der Waals surface area contributed by atoms with Crippen LogP contribution in [-0.4, -0.2) is 43.1 Å². The standard InChI is InChI=1S/C21H24BrN3O3/c1-14-16(20(26)25-10-12-28-13-11-25)7-5-9-19(14)24-21(27)23-15(2)17-6-3-4-8-18(17)22/h3-9,15H,10-13H2,1-2H3,(H2,23,24,27). The van der Waals surface area contributed by atoms with Gasteiger partial charge >= 0.3 is 6.03 Å². The summed E-state index contributed by atoms with van der Waals surface area (Å²) in [5.41, 5.74) is 2.96. The molecule has 2 N–H and O–H groups in total. The second-order valence-corrected chi connectivity index (χ2v) is 7.58. The van der Waals surface area contributed by atoms with Crippen LogP contribution in [0.15, 0.2) is 46.9 Å². The van der Waals surface area contributed by atoms with Gasteiger partial charge in [-0.3, -0.25) is 4.79 Å². The smallest absolute Gasteiger partial charge is 0.319 e. The van der Waals surface area contributed by atoms with Crippen molar-refractivity contribution in [3.05, 3.63) is 63.6 Å². The van der Waals surface area contributed by atoms with E-state index >= 15 is 0 Å². The van der Waals surface area contributed by atoms with Gasteiger partial charge in [-0.25, -0.2) is 4.79 Å². The van der Waals surface area contributed by atoms with Gasteiger partial charge in [-0.15, -0.1) is 0 Å². The average molecular weight is 446 g/mol. The largest absolute Gasteiger partial charge is 0.378 e. The highest BCUT2D eigenvalue weighted by molar-refractivity contribution is 9.10. The first-order valence-corrected chi connectivity index (χ1v) is 10.0. The molecule has 0 aromatic heterocycles. The van der Waals surface area contributed by atoms with Crippen LogP contribution in [0.5, 0.6) is 0 Å². The van der Waals surface area contributed by atoms with E-state index in [2.05, 4.69) is 26.6 Å². The number of benzene rings is 2. The number of ether oxygens (including phenoxy) is 1. The van der Waals surface area contributed by atoms with E-state index in [9.17, 15) is 9.59 Å². The summed E-state index contributed by atoms with van der Waals surface area (Å²) in [4.78, 5) is 27.1. The maximum atomic E-state index is 12.8. The topological polar surface area (TPSA) is 70.7 Å². The van der Waals surface area contributed by atoms with Gasteiger partial charge in [-0.2, -0.15) is 0 Å². The lowest BCUT2D eigenvalue weighted by Crippen LogP contribution is -2.41. The molecule has 148 valence electrons. The van der Waals surface area contributed by atoms with Crippen LogP contribution in [0.4, 0.5) is 10.5 Å². The number of morpholine rings is 1. The molecule has 0 aliphatic carbocycles.